The van der Waals surface area contributed by atoms with Crippen molar-refractivity contribution in [1.29, 1.82) is 0 Å². The van der Waals surface area contributed by atoms with E-state index in [2.05, 4.69) is 4.74 Å². The third kappa shape index (κ3) is 7.23. The van der Waals surface area contributed by atoms with E-state index in [0.717, 1.165) is 0 Å². The topological polar surface area (TPSA) is 153 Å². The molecular weight excluding hydrogens is 342 g/mol. The first-order valence-corrected chi connectivity index (χ1v) is 7.07. The molecule has 10 heteroatoms. The van der Waals surface area contributed by atoms with E-state index in [1.807, 2.05) is 0 Å². The molecule has 0 heterocycles. The third-order valence-electron chi connectivity index (χ3n) is 2.95. The first kappa shape index (κ1) is 22.4. The summed E-state index contributed by atoms with van der Waals surface area (Å²) in [6.07, 6.45) is -3.20. The van der Waals surface area contributed by atoms with E-state index in [1.54, 1.807) is 12.1 Å². The van der Waals surface area contributed by atoms with Gasteiger partial charge in [-0.15, -0.1) is 0 Å². The normalized spacial score (nSPS) is 12.6. The summed E-state index contributed by atoms with van der Waals surface area (Å²) in [5.41, 5.74) is 7.55. The molecule has 0 amide bonds. The number of halogens is 2. The number of rotatable bonds is 7. The zero-order valence-electron chi connectivity index (χ0n) is 13.4. The van der Waals surface area contributed by atoms with Crippen LogP contribution < -0.4 is 16.2 Å². The van der Waals surface area contributed by atoms with Crippen molar-refractivity contribution in [2.24, 2.45) is 11.5 Å². The minimum absolute atomic E-state index is 0.0160. The number of nitrogens with two attached hydrogens (primary N) is 2. The highest BCUT2D eigenvalue weighted by atomic mass is 19.3. The molecule has 0 saturated carbocycles. The van der Waals surface area contributed by atoms with Crippen molar-refractivity contribution < 1.29 is 38.1 Å². The van der Waals surface area contributed by atoms with Crippen LogP contribution in [0, 0.1) is 0 Å². The van der Waals surface area contributed by atoms with Gasteiger partial charge in [0.2, 0.25) is 0 Å². The average Bonchev–Trinajstić information content (AvgIpc) is 2.52. The van der Waals surface area contributed by atoms with Crippen LogP contribution in [-0.2, 0) is 9.59 Å². The van der Waals surface area contributed by atoms with Gasteiger partial charge in [-0.05, 0) is 31.5 Å². The van der Waals surface area contributed by atoms with Gasteiger partial charge in [-0.25, -0.2) is 18.4 Å². The molecule has 0 aliphatic rings. The van der Waals surface area contributed by atoms with Gasteiger partial charge in [0.1, 0.15) is 11.3 Å². The summed E-state index contributed by atoms with van der Waals surface area (Å²) in [7, 11) is 0. The van der Waals surface area contributed by atoms with E-state index in [4.69, 9.17) is 21.7 Å². The van der Waals surface area contributed by atoms with E-state index < -0.39 is 29.9 Å². The van der Waals surface area contributed by atoms with Crippen LogP contribution in [0.2, 0.25) is 0 Å². The van der Waals surface area contributed by atoms with E-state index in [0.29, 0.717) is 0 Å². The number of hydrogen-bond acceptors (Lipinski definition) is 6. The highest BCUT2D eigenvalue weighted by molar-refractivity contribution is 5.91. The standard InChI is InChI=1S/C9H8O4.C6H12F2N2O2/c1-6(10)13-8-5-3-2-4-7(8)9(11)12;7-4(8)6(10,5(11)12)2-1-3-9/h2-5H,1H3,(H,11,12);4H,1-3,9-10H2,(H,11,12). The lowest BCUT2D eigenvalue weighted by Crippen LogP contribution is -2.54. The van der Waals surface area contributed by atoms with Crippen LogP contribution in [0.1, 0.15) is 30.1 Å². The van der Waals surface area contributed by atoms with E-state index in [9.17, 15) is 23.2 Å². The van der Waals surface area contributed by atoms with Crippen molar-refractivity contribution in [2.75, 3.05) is 6.54 Å². The second-order valence-electron chi connectivity index (χ2n) is 4.93. The first-order valence-electron chi connectivity index (χ1n) is 7.07. The summed E-state index contributed by atoms with van der Waals surface area (Å²) in [6, 6.07) is 5.98. The van der Waals surface area contributed by atoms with Crippen molar-refractivity contribution >= 4 is 17.9 Å². The molecule has 140 valence electrons. The van der Waals surface area contributed by atoms with Crippen molar-refractivity contribution in [3.63, 3.8) is 0 Å². The minimum Gasteiger partial charge on any atom is -0.480 e. The highest BCUT2D eigenvalue weighted by Crippen LogP contribution is 2.19. The third-order valence-corrected chi connectivity index (χ3v) is 2.95. The lowest BCUT2D eigenvalue weighted by Gasteiger charge is -2.22. The number of aliphatic carboxylic acids is 1. The van der Waals surface area contributed by atoms with Gasteiger partial charge in [0.15, 0.2) is 5.54 Å². The Kier molecular flexibility index (Phi) is 9.24. The number of carboxylic acids is 2. The molecule has 1 aromatic carbocycles. The number of alkyl halides is 2. The fourth-order valence-electron chi connectivity index (χ4n) is 1.59. The zero-order chi connectivity index (χ0) is 19.6. The summed E-state index contributed by atoms with van der Waals surface area (Å²) in [6.45, 7) is 1.37. The molecule has 8 nitrogen and oxygen atoms in total. The molecule has 1 aromatic rings. The molecule has 6 N–H and O–H groups in total. The predicted octanol–water partition coefficient (Wildman–Crippen LogP) is 1.08. The molecular formula is C15H20F2N2O6. The summed E-state index contributed by atoms with van der Waals surface area (Å²) in [4.78, 5) is 31.5. The molecule has 25 heavy (non-hydrogen) atoms. The van der Waals surface area contributed by atoms with Gasteiger partial charge in [0.05, 0.1) is 0 Å². The number of carbonyl (C=O) groups excluding carboxylic acids is 1. The van der Waals surface area contributed by atoms with E-state index in [-0.39, 0.29) is 30.7 Å². The summed E-state index contributed by atoms with van der Waals surface area (Å²) in [5, 5.41) is 17.1. The Morgan fingerprint density at radius 2 is 1.80 bits per heavy atom. The van der Waals surface area contributed by atoms with Gasteiger partial charge in [0, 0.05) is 6.92 Å². The Bertz CT molecular complexity index is 611. The predicted molar refractivity (Wildman–Crippen MR) is 83.6 cm³/mol. The van der Waals surface area contributed by atoms with Crippen molar-refractivity contribution in [2.45, 2.75) is 31.7 Å². The van der Waals surface area contributed by atoms with E-state index >= 15 is 0 Å². The summed E-state index contributed by atoms with van der Waals surface area (Å²) >= 11 is 0. The maximum atomic E-state index is 12.1. The van der Waals surface area contributed by atoms with Crippen LogP contribution in [-0.4, -0.2) is 46.6 Å². The molecule has 1 unspecified atom stereocenters. The van der Waals surface area contributed by atoms with Crippen LogP contribution in [0.15, 0.2) is 24.3 Å². The van der Waals surface area contributed by atoms with Gasteiger partial charge in [-0.2, -0.15) is 0 Å². The molecule has 0 fully saturated rings. The maximum Gasteiger partial charge on any atom is 0.339 e. The van der Waals surface area contributed by atoms with Gasteiger partial charge < -0.3 is 26.4 Å². The number of aromatic carboxylic acids is 1. The van der Waals surface area contributed by atoms with Crippen LogP contribution in [0.5, 0.6) is 5.75 Å². The van der Waals surface area contributed by atoms with Gasteiger partial charge in [-0.3, -0.25) is 4.79 Å². The van der Waals surface area contributed by atoms with Crippen molar-refractivity contribution in [1.82, 2.24) is 0 Å². The lowest BCUT2D eigenvalue weighted by atomic mass is 9.95. The Morgan fingerprint density at radius 1 is 1.24 bits per heavy atom. The van der Waals surface area contributed by atoms with Crippen molar-refractivity contribution in [3.8, 4) is 5.75 Å². The number of hydrogen-bond donors (Lipinski definition) is 4. The Labute approximate surface area is 142 Å². The van der Waals surface area contributed by atoms with Gasteiger partial charge in [-0.1, -0.05) is 12.1 Å². The SMILES string of the molecule is CC(=O)Oc1ccccc1C(=O)O.NCCCC(N)(C(=O)O)C(F)F. The smallest absolute Gasteiger partial charge is 0.339 e. The molecule has 1 atom stereocenters. The molecule has 0 spiro atoms. The number of carboxylic acid groups (broad SMARTS) is 2. The Morgan fingerprint density at radius 3 is 2.20 bits per heavy atom. The van der Waals surface area contributed by atoms with Crippen LogP contribution in [0.25, 0.3) is 0 Å². The molecule has 0 radical (unpaired) electrons. The van der Waals surface area contributed by atoms with E-state index in [1.165, 1.54) is 19.1 Å². The molecule has 0 aliphatic heterocycles. The molecule has 0 aliphatic carbocycles. The largest absolute Gasteiger partial charge is 0.480 e. The minimum atomic E-state index is -3.07. The number of ether oxygens (including phenoxy) is 1. The first-order chi connectivity index (χ1) is 11.6. The maximum absolute atomic E-state index is 12.1. The highest BCUT2D eigenvalue weighted by Gasteiger charge is 2.42. The summed E-state index contributed by atoms with van der Waals surface area (Å²) < 4.78 is 28.9. The fraction of sp³-hybridized carbons (Fsp3) is 0.400. The van der Waals surface area contributed by atoms with Crippen LogP contribution in [0.4, 0.5) is 8.78 Å². The average molecular weight is 362 g/mol. The molecule has 0 saturated heterocycles. The van der Waals surface area contributed by atoms with Gasteiger partial charge >= 0.3 is 17.9 Å². The Balaban J connectivity index is 0.000000463. The zero-order valence-corrected chi connectivity index (χ0v) is 13.4. The number of benzene rings is 1. The van der Waals surface area contributed by atoms with Crippen LogP contribution in [0.3, 0.4) is 0 Å². The van der Waals surface area contributed by atoms with Crippen molar-refractivity contribution in [3.05, 3.63) is 29.8 Å². The second-order valence-corrected chi connectivity index (χ2v) is 4.93. The second kappa shape index (κ2) is 10.3. The molecule has 1 rings (SSSR count). The quantitative estimate of drug-likeness (QED) is 0.415. The Hall–Kier alpha value is -2.59. The monoisotopic (exact) mass is 362 g/mol. The summed E-state index contributed by atoms with van der Waals surface area (Å²) in [5.74, 6) is -3.26. The lowest BCUT2D eigenvalue weighted by molar-refractivity contribution is -0.150. The van der Waals surface area contributed by atoms with Gasteiger partial charge in [0.25, 0.3) is 6.43 Å². The van der Waals surface area contributed by atoms with Crippen LogP contribution >= 0.6 is 0 Å². The fourth-order valence-corrected chi connectivity index (χ4v) is 1.59. The number of para-hydroxylation sites is 1. The molecule has 0 bridgehead atoms. The number of esters is 1. The number of carbonyl (C=O) groups is 3. The molecule has 0 aromatic heterocycles.